The van der Waals surface area contributed by atoms with Gasteiger partial charge in [0.15, 0.2) is 0 Å². The summed E-state index contributed by atoms with van der Waals surface area (Å²) in [6.45, 7) is 0. The maximum absolute atomic E-state index is 6.41. The van der Waals surface area contributed by atoms with Crippen LogP contribution >= 0.6 is 0 Å². The fraction of sp³-hybridized carbons (Fsp3) is 0. The van der Waals surface area contributed by atoms with Gasteiger partial charge in [0, 0.05) is 43.1 Å². The van der Waals surface area contributed by atoms with Gasteiger partial charge < -0.3 is 17.7 Å². The molecular weight excluding hydrogens is 833 g/mol. The zero-order chi connectivity index (χ0) is 44.5. The molecule has 0 radical (unpaired) electrons. The maximum Gasteiger partial charge on any atom is 0.135 e. The van der Waals surface area contributed by atoms with Crippen molar-refractivity contribution in [2.45, 2.75) is 0 Å². The number of hydrogen-bond acceptors (Lipinski definition) is 4. The van der Waals surface area contributed by atoms with E-state index in [-0.39, 0.29) is 0 Å². The number of furan rings is 4. The maximum atomic E-state index is 6.41. The van der Waals surface area contributed by atoms with Crippen LogP contribution in [0.1, 0.15) is 22.3 Å². The summed E-state index contributed by atoms with van der Waals surface area (Å²) in [6.07, 6.45) is 0. The molecule has 11 aromatic carbocycles. The highest BCUT2D eigenvalue weighted by molar-refractivity contribution is 6.13. The number of hydrogen-bond donors (Lipinski definition) is 0. The van der Waals surface area contributed by atoms with Gasteiger partial charge in [-0.2, -0.15) is 0 Å². The summed E-state index contributed by atoms with van der Waals surface area (Å²) in [5.41, 5.74) is 13.6. The third kappa shape index (κ3) is 5.43. The lowest BCUT2D eigenvalue weighted by molar-refractivity contribution is 0.668. The van der Waals surface area contributed by atoms with E-state index in [0.717, 1.165) is 153 Å². The lowest BCUT2D eigenvalue weighted by Gasteiger charge is -2.17. The molecule has 316 valence electrons. The van der Waals surface area contributed by atoms with Gasteiger partial charge in [-0.1, -0.05) is 146 Å². The van der Waals surface area contributed by atoms with Crippen molar-refractivity contribution in [3.05, 3.63) is 251 Å². The van der Waals surface area contributed by atoms with Crippen LogP contribution in [0, 0.1) is 0 Å². The third-order valence-electron chi connectivity index (χ3n) is 14.1. The molecule has 0 saturated carbocycles. The molecular formula is C64H36O4. The fourth-order valence-electron chi connectivity index (χ4n) is 11.1. The molecule has 0 atom stereocenters. The molecule has 0 N–H and O–H groups in total. The average Bonchev–Trinajstić information content (AvgIpc) is 4.17. The van der Waals surface area contributed by atoms with Crippen molar-refractivity contribution < 1.29 is 17.7 Å². The molecule has 4 heterocycles. The molecule has 0 unspecified atom stereocenters. The van der Waals surface area contributed by atoms with Gasteiger partial charge in [0.25, 0.3) is 0 Å². The highest BCUT2D eigenvalue weighted by Crippen LogP contribution is 2.39. The standard InChI is InChI=1S/C64H36O4/c1-2-18-46-45(17-1)63(61(37-25-29-57-49(33-37)41-13-5-9-21-53(41)65-57)38-26-30-58-50(34-38)42-14-6-10-22-54(42)66-58)47-19-3-4-20-48(47)64(46)62(39-27-31-59-51(35-39)43-15-7-11-23-55(43)67-59)40-28-32-60-52(36-40)44-16-8-12-24-56(44)68-60/h1-36H. The summed E-state index contributed by atoms with van der Waals surface area (Å²) in [5.74, 6) is 0. The van der Waals surface area contributed by atoms with Crippen molar-refractivity contribution in [3.63, 3.8) is 0 Å². The molecule has 15 rings (SSSR count). The van der Waals surface area contributed by atoms with Crippen LogP contribution < -0.4 is 10.4 Å². The smallest absolute Gasteiger partial charge is 0.135 e. The average molecular weight is 869 g/mol. The Morgan fingerprint density at radius 2 is 0.397 bits per heavy atom. The van der Waals surface area contributed by atoms with Gasteiger partial charge >= 0.3 is 0 Å². The van der Waals surface area contributed by atoms with Crippen LogP contribution in [0.2, 0.25) is 0 Å². The van der Waals surface area contributed by atoms with Crippen molar-refractivity contribution in [2.24, 2.45) is 0 Å². The van der Waals surface area contributed by atoms with Gasteiger partial charge in [-0.15, -0.1) is 0 Å². The monoisotopic (exact) mass is 868 g/mol. The molecule has 0 aliphatic rings. The van der Waals surface area contributed by atoms with Crippen LogP contribution in [-0.4, -0.2) is 0 Å². The van der Waals surface area contributed by atoms with Crippen LogP contribution in [0.25, 0.3) is 120 Å². The van der Waals surface area contributed by atoms with Gasteiger partial charge in [0.05, 0.1) is 0 Å². The van der Waals surface area contributed by atoms with E-state index in [1.165, 1.54) is 0 Å². The van der Waals surface area contributed by atoms with Crippen LogP contribution in [0.4, 0.5) is 0 Å². The van der Waals surface area contributed by atoms with Gasteiger partial charge in [-0.05, 0) is 138 Å². The molecule has 4 heteroatoms. The van der Waals surface area contributed by atoms with Crippen LogP contribution in [0.15, 0.2) is 236 Å². The minimum atomic E-state index is 0.861. The highest BCUT2D eigenvalue weighted by atomic mass is 16.3. The number of para-hydroxylation sites is 4. The Labute approximate surface area is 387 Å². The molecule has 68 heavy (non-hydrogen) atoms. The second kappa shape index (κ2) is 14.2. The van der Waals surface area contributed by atoms with Crippen LogP contribution in [0.3, 0.4) is 0 Å². The van der Waals surface area contributed by atoms with Gasteiger partial charge in [-0.25, -0.2) is 0 Å². The first-order valence-electron chi connectivity index (χ1n) is 23.0. The topological polar surface area (TPSA) is 52.6 Å². The summed E-state index contributed by atoms with van der Waals surface area (Å²) < 4.78 is 25.7. The summed E-state index contributed by atoms with van der Waals surface area (Å²) in [5, 5.41) is 15.6. The molecule has 0 saturated heterocycles. The molecule has 0 amide bonds. The Morgan fingerprint density at radius 1 is 0.191 bits per heavy atom. The van der Waals surface area contributed by atoms with Crippen molar-refractivity contribution in [1.82, 2.24) is 0 Å². The van der Waals surface area contributed by atoms with E-state index in [0.29, 0.717) is 0 Å². The van der Waals surface area contributed by atoms with Crippen LogP contribution in [-0.2, 0) is 0 Å². The third-order valence-corrected chi connectivity index (χ3v) is 14.1. The first kappa shape index (κ1) is 37.1. The van der Waals surface area contributed by atoms with E-state index in [1.807, 2.05) is 48.5 Å². The second-order valence-corrected chi connectivity index (χ2v) is 17.8. The minimum Gasteiger partial charge on any atom is -0.456 e. The molecule has 0 aliphatic heterocycles. The summed E-state index contributed by atoms with van der Waals surface area (Å²) in [6, 6.07) is 77.8. The zero-order valence-electron chi connectivity index (χ0n) is 36.4. The largest absolute Gasteiger partial charge is 0.456 e. The molecule has 0 aliphatic carbocycles. The second-order valence-electron chi connectivity index (χ2n) is 17.8. The molecule has 15 aromatic rings. The van der Waals surface area contributed by atoms with Crippen LogP contribution in [0.5, 0.6) is 0 Å². The number of rotatable bonds is 4. The Hall–Kier alpha value is -9.12. The van der Waals surface area contributed by atoms with E-state index in [4.69, 9.17) is 17.7 Å². The quantitative estimate of drug-likeness (QED) is 0.165. The Balaban J connectivity index is 1.14. The first-order valence-corrected chi connectivity index (χ1v) is 23.0. The minimum absolute atomic E-state index is 0.861. The Kier molecular flexibility index (Phi) is 7.75. The predicted molar refractivity (Wildman–Crippen MR) is 279 cm³/mol. The van der Waals surface area contributed by atoms with Crippen molar-refractivity contribution in [1.29, 1.82) is 0 Å². The first-order chi connectivity index (χ1) is 33.7. The van der Waals surface area contributed by atoms with E-state index >= 15 is 0 Å². The fourth-order valence-corrected chi connectivity index (χ4v) is 11.1. The van der Waals surface area contributed by atoms with Crippen molar-refractivity contribution in [3.8, 4) is 0 Å². The lowest BCUT2D eigenvalue weighted by Crippen LogP contribution is -2.21. The molecule has 4 nitrogen and oxygen atoms in total. The highest BCUT2D eigenvalue weighted by Gasteiger charge is 2.21. The predicted octanol–water partition coefficient (Wildman–Crippen LogP) is 16.1. The molecule has 0 fully saturated rings. The summed E-state index contributed by atoms with van der Waals surface area (Å²) in [7, 11) is 0. The van der Waals surface area contributed by atoms with Gasteiger partial charge in [0.1, 0.15) is 44.7 Å². The summed E-state index contributed by atoms with van der Waals surface area (Å²) in [4.78, 5) is 0. The van der Waals surface area contributed by atoms with Crippen molar-refractivity contribution >= 4 is 120 Å². The van der Waals surface area contributed by atoms with Gasteiger partial charge in [0.2, 0.25) is 0 Å². The Morgan fingerprint density at radius 3 is 0.647 bits per heavy atom. The molecule has 0 spiro atoms. The summed E-state index contributed by atoms with van der Waals surface area (Å²) >= 11 is 0. The SMILES string of the molecule is c1ccc2c(c1)oc1ccc(C(c3ccc4oc5ccccc5c4c3)=c3c4ccccc4c(=C(c4ccc5oc6ccccc6c5c4)c4ccc5oc6ccccc6c5c4)c4ccccc34)cc12. The lowest BCUT2D eigenvalue weighted by atomic mass is 9.85. The molecule has 0 bridgehead atoms. The number of fused-ring (bicyclic) bond motifs is 14. The van der Waals surface area contributed by atoms with E-state index in [2.05, 4.69) is 170 Å². The van der Waals surface area contributed by atoms with Gasteiger partial charge in [-0.3, -0.25) is 0 Å². The Bertz CT molecular complexity index is 4150. The van der Waals surface area contributed by atoms with E-state index in [9.17, 15) is 0 Å². The van der Waals surface area contributed by atoms with Crippen molar-refractivity contribution in [2.75, 3.05) is 0 Å². The van der Waals surface area contributed by atoms with E-state index < -0.39 is 0 Å². The zero-order valence-corrected chi connectivity index (χ0v) is 36.4. The number of benzene rings is 11. The molecule has 4 aromatic heterocycles. The normalized spacial score (nSPS) is 12.1. The van der Waals surface area contributed by atoms with E-state index in [1.54, 1.807) is 0 Å².